The maximum atomic E-state index is 14.1. The first kappa shape index (κ1) is 28.2. The second kappa shape index (κ2) is 10.3. The van der Waals surface area contributed by atoms with E-state index in [4.69, 9.17) is 23.7 Å². The summed E-state index contributed by atoms with van der Waals surface area (Å²) in [4.78, 5) is 29.0. The average molecular weight is 609 g/mol. The van der Waals surface area contributed by atoms with Gasteiger partial charge in [-0.15, -0.1) is 0 Å². The fourth-order valence-electron chi connectivity index (χ4n) is 7.33. The van der Waals surface area contributed by atoms with Gasteiger partial charge in [0, 0.05) is 16.8 Å². The highest BCUT2D eigenvalue weighted by Gasteiger charge is 2.60. The van der Waals surface area contributed by atoms with E-state index < -0.39 is 45.8 Å². The Morgan fingerprint density at radius 1 is 1.23 bits per heavy atom. The van der Waals surface area contributed by atoms with Crippen LogP contribution in [0.15, 0.2) is 24.0 Å². The molecule has 1 saturated heterocycles. The number of aliphatic hydroxyl groups is 1. The van der Waals surface area contributed by atoms with Gasteiger partial charge in [-0.2, -0.15) is 0 Å². The summed E-state index contributed by atoms with van der Waals surface area (Å²) in [6.07, 6.45) is 3.91. The first-order valence-electron chi connectivity index (χ1n) is 13.6. The molecule has 0 amide bonds. The van der Waals surface area contributed by atoms with Crippen molar-refractivity contribution in [1.29, 1.82) is 0 Å². The summed E-state index contributed by atoms with van der Waals surface area (Å²) in [6, 6.07) is 4.04. The Morgan fingerprint density at radius 2 is 1.95 bits per heavy atom. The molecule has 10 heteroatoms. The second-order valence-electron chi connectivity index (χ2n) is 11.5. The normalized spacial score (nSPS) is 27.8. The molecular formula is C29H38BrNO8. The van der Waals surface area contributed by atoms with E-state index in [1.807, 2.05) is 32.9 Å². The van der Waals surface area contributed by atoms with Crippen molar-refractivity contribution >= 4 is 27.9 Å². The quantitative estimate of drug-likeness (QED) is 0.348. The summed E-state index contributed by atoms with van der Waals surface area (Å²) < 4.78 is 27.8. The summed E-state index contributed by atoms with van der Waals surface area (Å²) in [5.41, 5.74) is -0.396. The van der Waals surface area contributed by atoms with E-state index in [0.717, 1.165) is 43.5 Å². The van der Waals surface area contributed by atoms with Gasteiger partial charge in [-0.3, -0.25) is 9.69 Å². The van der Waals surface area contributed by atoms with Crippen LogP contribution in [0, 0.1) is 5.92 Å². The van der Waals surface area contributed by atoms with Crippen molar-refractivity contribution in [2.75, 3.05) is 34.1 Å². The first-order chi connectivity index (χ1) is 18.5. The molecule has 5 atom stereocenters. The number of rotatable bonds is 8. The Bertz CT molecular complexity index is 1180. The minimum absolute atomic E-state index is 0.168. The average Bonchev–Trinajstić information content (AvgIpc) is 3.57. The van der Waals surface area contributed by atoms with Crippen LogP contribution in [0.3, 0.4) is 0 Å². The van der Waals surface area contributed by atoms with E-state index in [2.05, 4.69) is 26.9 Å². The molecule has 9 nitrogen and oxygen atoms in total. The summed E-state index contributed by atoms with van der Waals surface area (Å²) >= 11 is 3.62. The van der Waals surface area contributed by atoms with Crippen molar-refractivity contribution in [3.63, 3.8) is 0 Å². The van der Waals surface area contributed by atoms with Gasteiger partial charge in [-0.05, 0) is 75.4 Å². The fourth-order valence-corrected chi connectivity index (χ4v) is 8.03. The highest BCUT2D eigenvalue weighted by Crippen LogP contribution is 2.56. The zero-order valence-corrected chi connectivity index (χ0v) is 24.8. The van der Waals surface area contributed by atoms with Crippen LogP contribution < -0.4 is 9.47 Å². The number of benzene rings is 1. The number of methoxy groups -OCH3 is 2. The number of alkyl halides is 1. The van der Waals surface area contributed by atoms with Gasteiger partial charge in [0.1, 0.15) is 5.76 Å². The molecule has 0 bridgehead atoms. The maximum Gasteiger partial charge on any atom is 0.339 e. The van der Waals surface area contributed by atoms with Gasteiger partial charge in [0.05, 0.1) is 32.1 Å². The predicted octanol–water partition coefficient (Wildman–Crippen LogP) is 3.84. The predicted molar refractivity (Wildman–Crippen MR) is 146 cm³/mol. The molecule has 1 spiro atoms. The molecule has 1 aromatic carbocycles. The largest absolute Gasteiger partial charge is 0.497 e. The second-order valence-corrected chi connectivity index (χ2v) is 13.5. The number of hydrogen-bond donors (Lipinski definition) is 1. The van der Waals surface area contributed by atoms with Gasteiger partial charge in [0.25, 0.3) is 0 Å². The Morgan fingerprint density at radius 3 is 2.59 bits per heavy atom. The van der Waals surface area contributed by atoms with Crippen molar-refractivity contribution < 1.29 is 38.4 Å². The first-order valence-corrected chi connectivity index (χ1v) is 14.4. The van der Waals surface area contributed by atoms with Crippen LogP contribution in [0.1, 0.15) is 63.5 Å². The van der Waals surface area contributed by atoms with Gasteiger partial charge in [-0.1, -0.05) is 22.9 Å². The molecule has 4 aliphatic rings. The number of hydrogen-bond acceptors (Lipinski definition) is 9. The Balaban J connectivity index is 1.59. The lowest BCUT2D eigenvalue weighted by atomic mass is 9.75. The van der Waals surface area contributed by atoms with Gasteiger partial charge in [0.2, 0.25) is 6.79 Å². The minimum atomic E-state index is -2.12. The van der Waals surface area contributed by atoms with Crippen molar-refractivity contribution in [1.82, 2.24) is 4.90 Å². The standard InChI is InChI=1S/C29H38BrNO8/c1-6-22(27(2,3)30)29(34,15-23(32)36-5)26(33)39-25-21(35-4)14-28-9-7-10-31(28)11-8-17-12-19-20(38-16-37-19)13-18(17)24(25)28/h12-14,22,24-25,34H,6-11,15-16H2,1-5H3/t22?,24-,25?,28+,29+/m1/s1. The SMILES string of the molecule is CCC(C(C)(C)Br)[C@@](O)(CC(=O)OC)C(=O)OC1C(OC)=C[C@]23CCCN2CCc2cc4c(cc2[C@H]13)OCO4. The van der Waals surface area contributed by atoms with Crippen LogP contribution in [0.4, 0.5) is 0 Å². The Kier molecular flexibility index (Phi) is 7.43. The third-order valence-electron chi connectivity index (χ3n) is 9.01. The number of halogens is 1. The highest BCUT2D eigenvalue weighted by molar-refractivity contribution is 9.10. The maximum absolute atomic E-state index is 14.1. The van der Waals surface area contributed by atoms with Gasteiger partial charge in [0.15, 0.2) is 23.2 Å². The fraction of sp³-hybridized carbons (Fsp3) is 0.655. The van der Waals surface area contributed by atoms with Crippen molar-refractivity contribution in [2.45, 2.75) is 80.4 Å². The molecule has 2 unspecified atom stereocenters. The van der Waals surface area contributed by atoms with E-state index in [1.54, 1.807) is 7.11 Å². The van der Waals surface area contributed by atoms with Gasteiger partial charge >= 0.3 is 11.9 Å². The molecule has 1 fully saturated rings. The molecule has 0 saturated carbocycles. The van der Waals surface area contributed by atoms with E-state index in [-0.39, 0.29) is 12.7 Å². The molecule has 0 radical (unpaired) electrons. The highest BCUT2D eigenvalue weighted by atomic mass is 79.9. The van der Waals surface area contributed by atoms with Crippen LogP contribution in [-0.4, -0.2) is 77.6 Å². The lowest BCUT2D eigenvalue weighted by molar-refractivity contribution is -0.185. The lowest BCUT2D eigenvalue weighted by Gasteiger charge is -2.42. The molecule has 5 rings (SSSR count). The summed E-state index contributed by atoms with van der Waals surface area (Å²) in [5, 5.41) is 11.9. The summed E-state index contributed by atoms with van der Waals surface area (Å²) in [6.45, 7) is 7.54. The van der Waals surface area contributed by atoms with Crippen molar-refractivity contribution in [2.24, 2.45) is 5.92 Å². The van der Waals surface area contributed by atoms with Gasteiger partial charge in [-0.25, -0.2) is 4.79 Å². The number of carbonyl (C=O) groups is 2. The number of carbonyl (C=O) groups excluding carboxylic acids is 2. The Labute approximate surface area is 237 Å². The molecule has 0 aromatic heterocycles. The van der Waals surface area contributed by atoms with E-state index in [0.29, 0.717) is 23.7 Å². The number of fused-ring (bicyclic) bond motifs is 3. The zero-order valence-electron chi connectivity index (χ0n) is 23.3. The van der Waals surface area contributed by atoms with Crippen LogP contribution in [-0.2, 0) is 30.2 Å². The third-order valence-corrected chi connectivity index (χ3v) is 9.56. The topological polar surface area (TPSA) is 104 Å². The van der Waals surface area contributed by atoms with Crippen molar-refractivity contribution in [3.8, 4) is 11.5 Å². The molecular weight excluding hydrogens is 570 g/mol. The molecule has 3 aliphatic heterocycles. The third kappa shape index (κ3) is 4.62. The van der Waals surface area contributed by atoms with Crippen LogP contribution in [0.2, 0.25) is 0 Å². The number of nitrogens with zero attached hydrogens (tertiary/aromatic N) is 1. The van der Waals surface area contributed by atoms with Crippen LogP contribution in [0.25, 0.3) is 0 Å². The minimum Gasteiger partial charge on any atom is -0.497 e. The molecule has 1 aliphatic carbocycles. The Hall–Kier alpha value is -2.30. The lowest BCUT2D eigenvalue weighted by Crippen LogP contribution is -2.55. The monoisotopic (exact) mass is 607 g/mol. The van der Waals surface area contributed by atoms with Crippen molar-refractivity contribution in [3.05, 3.63) is 35.1 Å². The van der Waals surface area contributed by atoms with Crippen LogP contribution >= 0.6 is 15.9 Å². The summed E-state index contributed by atoms with van der Waals surface area (Å²) in [5.74, 6) is -0.560. The zero-order chi connectivity index (χ0) is 28.2. The molecule has 214 valence electrons. The number of esters is 2. The molecule has 1 aromatic rings. The summed E-state index contributed by atoms with van der Waals surface area (Å²) in [7, 11) is 2.81. The van der Waals surface area contributed by atoms with Crippen LogP contribution in [0.5, 0.6) is 11.5 Å². The van der Waals surface area contributed by atoms with Gasteiger partial charge < -0.3 is 28.8 Å². The smallest absolute Gasteiger partial charge is 0.339 e. The molecule has 39 heavy (non-hydrogen) atoms. The van der Waals surface area contributed by atoms with E-state index in [1.165, 1.54) is 7.11 Å². The number of ether oxygens (including phenoxy) is 5. The van der Waals surface area contributed by atoms with E-state index in [9.17, 15) is 14.7 Å². The molecule has 1 N–H and O–H groups in total. The van der Waals surface area contributed by atoms with E-state index >= 15 is 0 Å². The molecule has 3 heterocycles.